The van der Waals surface area contributed by atoms with Gasteiger partial charge in [-0.05, 0) is 61.7 Å². The minimum Gasteiger partial charge on any atom is -0.406 e. The summed E-state index contributed by atoms with van der Waals surface area (Å²) in [4.78, 5) is 16.7. The molecule has 0 atom stereocenters. The number of benzene rings is 2. The van der Waals surface area contributed by atoms with Gasteiger partial charge in [0.25, 0.3) is 0 Å². The van der Waals surface area contributed by atoms with E-state index in [1.165, 1.54) is 4.31 Å². The fourth-order valence-electron chi connectivity index (χ4n) is 3.39. The normalized spacial score (nSPS) is 17.0. The molecule has 0 aromatic heterocycles. The van der Waals surface area contributed by atoms with Crippen LogP contribution in [-0.2, 0) is 21.5 Å². The molecule has 1 aliphatic heterocycles. The van der Waals surface area contributed by atoms with Crippen molar-refractivity contribution in [2.24, 2.45) is 5.73 Å². The Kier molecular flexibility index (Phi) is 7.32. The average molecular weight is 488 g/mol. The van der Waals surface area contributed by atoms with Crippen LogP contribution in [0.3, 0.4) is 0 Å². The summed E-state index contributed by atoms with van der Waals surface area (Å²) in [5.74, 6) is -1.02. The van der Waals surface area contributed by atoms with E-state index in [9.17, 15) is 26.4 Å². The number of rotatable bonds is 8. The zero-order valence-corrected chi connectivity index (χ0v) is 18.6. The van der Waals surface area contributed by atoms with E-state index in [-0.39, 0.29) is 24.6 Å². The van der Waals surface area contributed by atoms with Gasteiger partial charge in [0, 0.05) is 24.2 Å². The first-order chi connectivity index (χ1) is 15.4. The number of nitrogens with zero attached hydrogens (tertiary/aromatic N) is 1. The Labute approximate surface area is 189 Å². The van der Waals surface area contributed by atoms with Crippen molar-refractivity contribution in [2.45, 2.75) is 43.2 Å². The van der Waals surface area contributed by atoms with Crippen LogP contribution in [0.15, 0.2) is 53.4 Å². The fourth-order valence-corrected chi connectivity index (χ4v) is 4.83. The number of amides is 1. The first kappa shape index (κ1) is 25.0. The zero-order valence-electron chi connectivity index (χ0n) is 17.8. The van der Waals surface area contributed by atoms with Crippen molar-refractivity contribution in [1.82, 2.24) is 9.79 Å². The van der Waals surface area contributed by atoms with Gasteiger partial charge in [-0.15, -0.1) is 13.2 Å². The third-order valence-corrected chi connectivity index (χ3v) is 7.20. The number of hydroxylamine groups is 1. The molecule has 8 nitrogen and oxygen atoms in total. The van der Waals surface area contributed by atoms with Gasteiger partial charge >= 0.3 is 6.36 Å². The molecule has 180 valence electrons. The first-order valence-electron chi connectivity index (χ1n) is 10.0. The van der Waals surface area contributed by atoms with Crippen LogP contribution in [-0.4, -0.2) is 43.6 Å². The van der Waals surface area contributed by atoms with Crippen molar-refractivity contribution in [3.63, 3.8) is 0 Å². The number of halogens is 3. The zero-order chi connectivity index (χ0) is 24.3. The van der Waals surface area contributed by atoms with Crippen LogP contribution in [0.5, 0.6) is 5.75 Å². The van der Waals surface area contributed by atoms with Gasteiger partial charge in [0.05, 0.1) is 11.5 Å². The SMILES string of the molecule is CC1(NOCc2cccc(C(N)=O)c2)CCN(S(=O)(=O)c2ccc(OC(F)(F)F)cc2)CC1. The number of ether oxygens (including phenoxy) is 1. The Hall–Kier alpha value is -2.67. The molecule has 3 rings (SSSR count). The van der Waals surface area contributed by atoms with E-state index in [1.807, 2.05) is 6.92 Å². The Morgan fingerprint density at radius 1 is 1.15 bits per heavy atom. The van der Waals surface area contributed by atoms with Gasteiger partial charge < -0.3 is 10.5 Å². The Balaban J connectivity index is 1.54. The van der Waals surface area contributed by atoms with Crippen LogP contribution < -0.4 is 16.0 Å². The van der Waals surface area contributed by atoms with E-state index in [4.69, 9.17) is 10.6 Å². The highest BCUT2D eigenvalue weighted by atomic mass is 32.2. The Morgan fingerprint density at radius 2 is 1.79 bits per heavy atom. The molecule has 3 N–H and O–H groups in total. The topological polar surface area (TPSA) is 111 Å². The van der Waals surface area contributed by atoms with Crippen LogP contribution in [0.4, 0.5) is 13.2 Å². The number of alkyl halides is 3. The average Bonchev–Trinajstić information content (AvgIpc) is 2.73. The van der Waals surface area contributed by atoms with Gasteiger partial charge in [-0.2, -0.15) is 9.79 Å². The van der Waals surface area contributed by atoms with E-state index in [1.54, 1.807) is 24.3 Å². The third-order valence-electron chi connectivity index (χ3n) is 5.29. The third kappa shape index (κ3) is 6.67. The minimum atomic E-state index is -4.85. The summed E-state index contributed by atoms with van der Waals surface area (Å²) in [5.41, 5.74) is 8.88. The summed E-state index contributed by atoms with van der Waals surface area (Å²) in [5, 5.41) is 0. The maximum Gasteiger partial charge on any atom is 0.573 e. The van der Waals surface area contributed by atoms with Gasteiger partial charge in [0.15, 0.2) is 0 Å². The molecular weight excluding hydrogens is 463 g/mol. The van der Waals surface area contributed by atoms with Crippen molar-refractivity contribution in [2.75, 3.05) is 13.1 Å². The standard InChI is InChI=1S/C21H24F3N3O5S/c1-20(26-31-14-15-3-2-4-16(13-15)19(25)28)9-11-27(12-10-20)33(29,30)18-7-5-17(6-8-18)32-21(22,23)24/h2-8,13,26H,9-12,14H2,1H3,(H2,25,28). The van der Waals surface area contributed by atoms with E-state index in [0.29, 0.717) is 18.4 Å². The number of nitrogens with two attached hydrogens (primary N) is 1. The maximum absolute atomic E-state index is 12.9. The van der Waals surface area contributed by atoms with Crippen LogP contribution in [0, 0.1) is 0 Å². The highest BCUT2D eigenvalue weighted by Gasteiger charge is 2.36. The quantitative estimate of drug-likeness (QED) is 0.554. The molecule has 2 aromatic rings. The van der Waals surface area contributed by atoms with Gasteiger partial charge in [-0.1, -0.05) is 12.1 Å². The molecule has 1 saturated heterocycles. The number of hydrogen-bond donors (Lipinski definition) is 2. The van der Waals surface area contributed by atoms with Crippen LogP contribution in [0.1, 0.15) is 35.7 Å². The molecule has 1 fully saturated rings. The molecule has 1 heterocycles. The number of nitrogens with one attached hydrogen (secondary N) is 1. The molecule has 0 bridgehead atoms. The summed E-state index contributed by atoms with van der Waals surface area (Å²) in [6.07, 6.45) is -3.96. The van der Waals surface area contributed by atoms with Crippen molar-refractivity contribution in [1.29, 1.82) is 0 Å². The van der Waals surface area contributed by atoms with Crippen LogP contribution >= 0.6 is 0 Å². The predicted octanol–water partition coefficient (Wildman–Crippen LogP) is 2.95. The van der Waals surface area contributed by atoms with Crippen molar-refractivity contribution in [3.05, 3.63) is 59.7 Å². The number of piperidine rings is 1. The summed E-state index contributed by atoms with van der Waals surface area (Å²) in [6, 6.07) is 10.8. The highest BCUT2D eigenvalue weighted by Crippen LogP contribution is 2.29. The van der Waals surface area contributed by atoms with E-state index >= 15 is 0 Å². The Morgan fingerprint density at radius 3 is 2.36 bits per heavy atom. The van der Waals surface area contributed by atoms with Crippen molar-refractivity contribution >= 4 is 15.9 Å². The molecule has 1 amide bonds. The second-order valence-corrected chi connectivity index (χ2v) is 9.88. The lowest BCUT2D eigenvalue weighted by Gasteiger charge is -2.38. The summed E-state index contributed by atoms with van der Waals surface area (Å²) in [7, 11) is -3.86. The summed E-state index contributed by atoms with van der Waals surface area (Å²) >= 11 is 0. The number of carbonyl (C=O) groups is 1. The largest absolute Gasteiger partial charge is 0.573 e. The lowest BCUT2D eigenvalue weighted by molar-refractivity contribution is -0.274. The molecule has 0 radical (unpaired) electrons. The number of primary amides is 1. The molecule has 0 aliphatic carbocycles. The van der Waals surface area contributed by atoms with E-state index in [2.05, 4.69) is 10.2 Å². The monoisotopic (exact) mass is 487 g/mol. The summed E-state index contributed by atoms with van der Waals surface area (Å²) in [6.45, 7) is 2.49. The number of carbonyl (C=O) groups excluding carboxylic acids is 1. The molecular formula is C21H24F3N3O5S. The molecule has 33 heavy (non-hydrogen) atoms. The van der Waals surface area contributed by atoms with E-state index < -0.39 is 33.6 Å². The van der Waals surface area contributed by atoms with Gasteiger partial charge in [0.2, 0.25) is 15.9 Å². The molecule has 2 aromatic carbocycles. The minimum absolute atomic E-state index is 0.112. The van der Waals surface area contributed by atoms with Crippen molar-refractivity contribution < 1.29 is 36.0 Å². The molecule has 0 spiro atoms. The smallest absolute Gasteiger partial charge is 0.406 e. The molecule has 12 heteroatoms. The van der Waals surface area contributed by atoms with Crippen LogP contribution in [0.2, 0.25) is 0 Å². The van der Waals surface area contributed by atoms with Gasteiger partial charge in [-0.3, -0.25) is 9.63 Å². The lowest BCUT2D eigenvalue weighted by Crippen LogP contribution is -2.52. The predicted molar refractivity (Wildman–Crippen MR) is 112 cm³/mol. The maximum atomic E-state index is 12.9. The Bertz CT molecular complexity index is 1080. The van der Waals surface area contributed by atoms with Gasteiger partial charge in [-0.25, -0.2) is 8.42 Å². The molecule has 0 saturated carbocycles. The highest BCUT2D eigenvalue weighted by molar-refractivity contribution is 7.89. The van der Waals surface area contributed by atoms with Gasteiger partial charge in [0.1, 0.15) is 5.75 Å². The fraction of sp³-hybridized carbons (Fsp3) is 0.381. The molecule has 0 unspecified atom stereocenters. The van der Waals surface area contributed by atoms with E-state index in [0.717, 1.165) is 29.8 Å². The lowest BCUT2D eigenvalue weighted by atomic mass is 9.92. The first-order valence-corrected chi connectivity index (χ1v) is 11.5. The molecule has 1 aliphatic rings. The summed E-state index contributed by atoms with van der Waals surface area (Å²) < 4.78 is 67.6. The van der Waals surface area contributed by atoms with Crippen LogP contribution in [0.25, 0.3) is 0 Å². The second kappa shape index (κ2) is 9.67. The second-order valence-electron chi connectivity index (χ2n) is 7.94. The van der Waals surface area contributed by atoms with Crippen molar-refractivity contribution in [3.8, 4) is 5.75 Å². The number of hydrogen-bond acceptors (Lipinski definition) is 6. The number of sulfonamides is 1.